The Bertz CT molecular complexity index is 1200. The number of esters is 1. The summed E-state index contributed by atoms with van der Waals surface area (Å²) >= 11 is 1.53. The Morgan fingerprint density at radius 3 is 2.56 bits per heavy atom. The van der Waals surface area contributed by atoms with Crippen molar-refractivity contribution in [2.75, 3.05) is 6.61 Å². The Morgan fingerprint density at radius 1 is 1.06 bits per heavy atom. The van der Waals surface area contributed by atoms with Gasteiger partial charge in [-0.25, -0.2) is 5.01 Å². The van der Waals surface area contributed by atoms with Gasteiger partial charge in [0.05, 0.1) is 18.2 Å². The van der Waals surface area contributed by atoms with E-state index in [2.05, 4.69) is 18.2 Å². The summed E-state index contributed by atoms with van der Waals surface area (Å²) in [5.41, 5.74) is 5.22. The molecule has 0 radical (unpaired) electrons. The van der Waals surface area contributed by atoms with Crippen LogP contribution in [0.15, 0.2) is 88.2 Å². The van der Waals surface area contributed by atoms with E-state index in [1.54, 1.807) is 5.01 Å². The molecule has 0 N–H and O–H groups in total. The number of thiophene rings is 1. The molecule has 1 aliphatic heterocycles. The summed E-state index contributed by atoms with van der Waals surface area (Å²) in [4.78, 5) is 25.5. The molecule has 5 nitrogen and oxygen atoms in total. The van der Waals surface area contributed by atoms with E-state index in [1.165, 1.54) is 16.9 Å². The summed E-state index contributed by atoms with van der Waals surface area (Å²) in [5, 5.41) is 10.2. The highest BCUT2D eigenvalue weighted by molar-refractivity contribution is 7.08. The highest BCUT2D eigenvalue weighted by Crippen LogP contribution is 2.44. The first kappa shape index (κ1) is 22.3. The summed E-state index contributed by atoms with van der Waals surface area (Å²) in [6.45, 7) is -0.312. The van der Waals surface area contributed by atoms with Crippen LogP contribution in [0.25, 0.3) is 6.08 Å². The van der Waals surface area contributed by atoms with Crippen molar-refractivity contribution in [3.05, 3.63) is 99.8 Å². The summed E-state index contributed by atoms with van der Waals surface area (Å²) < 4.78 is 5.34. The lowest BCUT2D eigenvalue weighted by Crippen LogP contribution is -2.34. The number of hydrazone groups is 1. The SMILES string of the molecule is O=C(Cc1ccsc1)OCC(=O)N1N=C2C(=Cc3ccccc3)CCCC2C1c1ccccc1. The Morgan fingerprint density at radius 2 is 1.82 bits per heavy atom. The van der Waals surface area contributed by atoms with E-state index in [0.29, 0.717) is 0 Å². The van der Waals surface area contributed by atoms with Gasteiger partial charge in [-0.05, 0) is 64.4 Å². The maximum atomic E-state index is 13.3. The Hall–Kier alpha value is -3.51. The maximum Gasteiger partial charge on any atom is 0.310 e. The molecule has 0 saturated heterocycles. The molecule has 1 amide bonds. The van der Waals surface area contributed by atoms with Gasteiger partial charge < -0.3 is 4.74 Å². The molecule has 3 aromatic rings. The van der Waals surface area contributed by atoms with E-state index in [-0.39, 0.29) is 30.9 Å². The predicted molar refractivity (Wildman–Crippen MR) is 134 cm³/mol. The van der Waals surface area contributed by atoms with Crippen LogP contribution in [0.3, 0.4) is 0 Å². The van der Waals surface area contributed by atoms with Crippen molar-refractivity contribution in [2.45, 2.75) is 31.7 Å². The van der Waals surface area contributed by atoms with Crippen LogP contribution in [-0.4, -0.2) is 29.2 Å². The minimum atomic E-state index is -0.406. The second kappa shape index (κ2) is 10.2. The van der Waals surface area contributed by atoms with Gasteiger partial charge in [-0.1, -0.05) is 60.7 Å². The number of fused-ring (bicyclic) bond motifs is 1. The van der Waals surface area contributed by atoms with Crippen LogP contribution in [0, 0.1) is 5.92 Å². The van der Waals surface area contributed by atoms with Crippen molar-refractivity contribution >= 4 is 35.0 Å². The van der Waals surface area contributed by atoms with Gasteiger partial charge in [0.15, 0.2) is 6.61 Å². The molecule has 2 heterocycles. The van der Waals surface area contributed by atoms with Gasteiger partial charge in [0.25, 0.3) is 5.91 Å². The molecule has 1 saturated carbocycles. The molecule has 1 fully saturated rings. The lowest BCUT2D eigenvalue weighted by molar-refractivity contribution is -0.152. The molecule has 34 heavy (non-hydrogen) atoms. The number of ether oxygens (including phenoxy) is 1. The zero-order valence-electron chi connectivity index (χ0n) is 18.8. The second-order valence-corrected chi connectivity index (χ2v) is 9.41. The quantitative estimate of drug-likeness (QED) is 0.437. The topological polar surface area (TPSA) is 59.0 Å². The largest absolute Gasteiger partial charge is 0.455 e. The van der Waals surface area contributed by atoms with Crippen LogP contribution in [0.4, 0.5) is 0 Å². The van der Waals surface area contributed by atoms with Crippen LogP contribution in [0.1, 0.15) is 42.0 Å². The van der Waals surface area contributed by atoms with Crippen molar-refractivity contribution in [1.29, 1.82) is 0 Å². The molecule has 2 atom stereocenters. The lowest BCUT2D eigenvalue weighted by atomic mass is 9.77. The van der Waals surface area contributed by atoms with Crippen molar-refractivity contribution in [1.82, 2.24) is 5.01 Å². The van der Waals surface area contributed by atoms with Gasteiger partial charge in [0.1, 0.15) is 0 Å². The summed E-state index contributed by atoms with van der Waals surface area (Å²) in [6.07, 6.45) is 5.29. The minimum absolute atomic E-state index is 0.122. The average Bonchev–Trinajstić information content (AvgIpc) is 3.52. The van der Waals surface area contributed by atoms with Crippen LogP contribution in [0.2, 0.25) is 0 Å². The average molecular weight is 471 g/mol. The molecule has 6 heteroatoms. The number of carbonyl (C=O) groups is 2. The predicted octanol–water partition coefficient (Wildman–Crippen LogP) is 5.66. The number of hydrogen-bond acceptors (Lipinski definition) is 5. The first-order valence-electron chi connectivity index (χ1n) is 11.6. The molecule has 2 aliphatic rings. The van der Waals surface area contributed by atoms with E-state index in [4.69, 9.17) is 9.84 Å². The van der Waals surface area contributed by atoms with E-state index in [1.807, 2.05) is 65.4 Å². The maximum absolute atomic E-state index is 13.3. The molecule has 5 rings (SSSR count). The first-order valence-corrected chi connectivity index (χ1v) is 12.5. The Balaban J connectivity index is 1.39. The van der Waals surface area contributed by atoms with Crippen molar-refractivity contribution in [3.63, 3.8) is 0 Å². The smallest absolute Gasteiger partial charge is 0.310 e. The molecular formula is C28H26N2O3S. The molecule has 1 aliphatic carbocycles. The van der Waals surface area contributed by atoms with Gasteiger partial charge >= 0.3 is 5.97 Å². The van der Waals surface area contributed by atoms with Gasteiger partial charge in [0.2, 0.25) is 0 Å². The lowest BCUT2D eigenvalue weighted by Gasteiger charge is -2.29. The summed E-state index contributed by atoms with van der Waals surface area (Å²) in [5.74, 6) is -0.581. The van der Waals surface area contributed by atoms with E-state index < -0.39 is 5.97 Å². The minimum Gasteiger partial charge on any atom is -0.455 e. The van der Waals surface area contributed by atoms with Crippen LogP contribution in [0.5, 0.6) is 0 Å². The third-order valence-corrected chi connectivity index (χ3v) is 7.06. The first-order chi connectivity index (χ1) is 16.7. The molecule has 2 unspecified atom stereocenters. The van der Waals surface area contributed by atoms with Gasteiger partial charge in [-0.15, -0.1) is 0 Å². The number of carbonyl (C=O) groups excluding carboxylic acids is 2. The molecule has 172 valence electrons. The number of allylic oxidation sites excluding steroid dienone is 1. The van der Waals surface area contributed by atoms with E-state index in [9.17, 15) is 9.59 Å². The van der Waals surface area contributed by atoms with Crippen molar-refractivity contribution in [2.24, 2.45) is 11.0 Å². The fourth-order valence-electron chi connectivity index (χ4n) is 4.76. The number of hydrogen-bond donors (Lipinski definition) is 0. The standard InChI is InChI=1S/C28H26N2O3S/c31-25(18-33-26(32)17-21-14-15-34-19-21)30-28(22-10-5-2-6-11-22)24-13-7-12-23(27(24)29-30)16-20-8-3-1-4-9-20/h1-6,8-11,14-16,19,24,28H,7,12-13,17-18H2. The second-order valence-electron chi connectivity index (χ2n) is 8.63. The highest BCUT2D eigenvalue weighted by Gasteiger charge is 2.43. The highest BCUT2D eigenvalue weighted by atomic mass is 32.1. The molecular weight excluding hydrogens is 444 g/mol. The third kappa shape index (κ3) is 4.87. The number of nitrogens with zero attached hydrogens (tertiary/aromatic N) is 2. The summed E-state index contributed by atoms with van der Waals surface area (Å²) in [6, 6.07) is 21.9. The van der Waals surface area contributed by atoms with Crippen LogP contribution < -0.4 is 0 Å². The number of rotatable bonds is 6. The van der Waals surface area contributed by atoms with Gasteiger partial charge in [-0.2, -0.15) is 16.4 Å². The van der Waals surface area contributed by atoms with E-state index in [0.717, 1.165) is 41.7 Å². The molecule has 2 aromatic carbocycles. The zero-order valence-corrected chi connectivity index (χ0v) is 19.6. The number of benzene rings is 2. The van der Waals surface area contributed by atoms with Crippen molar-refractivity contribution < 1.29 is 14.3 Å². The van der Waals surface area contributed by atoms with E-state index >= 15 is 0 Å². The van der Waals surface area contributed by atoms with Crippen molar-refractivity contribution in [3.8, 4) is 0 Å². The zero-order chi connectivity index (χ0) is 23.3. The summed E-state index contributed by atoms with van der Waals surface area (Å²) in [7, 11) is 0. The molecule has 1 aromatic heterocycles. The fourth-order valence-corrected chi connectivity index (χ4v) is 5.43. The van der Waals surface area contributed by atoms with Crippen LogP contribution >= 0.6 is 11.3 Å². The number of amides is 1. The fraction of sp³-hybridized carbons (Fsp3) is 0.250. The molecule has 0 spiro atoms. The normalized spacial score (nSPS) is 20.6. The Labute approximate surface area is 203 Å². The monoisotopic (exact) mass is 470 g/mol. The van der Waals surface area contributed by atoms with Gasteiger partial charge in [-0.3, -0.25) is 9.59 Å². The van der Waals surface area contributed by atoms with Gasteiger partial charge in [0, 0.05) is 5.92 Å². The van der Waals surface area contributed by atoms with Crippen LogP contribution in [-0.2, 0) is 20.7 Å². The Kier molecular flexibility index (Phi) is 6.67. The molecule has 0 bridgehead atoms. The third-order valence-electron chi connectivity index (χ3n) is 6.32.